The first-order valence-electron chi connectivity index (χ1n) is 11.1. The maximum absolute atomic E-state index is 11.1. The summed E-state index contributed by atoms with van der Waals surface area (Å²) in [5, 5.41) is 22.7. The third kappa shape index (κ3) is 6.65. The van der Waals surface area contributed by atoms with Gasteiger partial charge in [0.05, 0.1) is 5.69 Å². The molecule has 2 N–H and O–H groups in total. The Kier molecular flexibility index (Phi) is 7.22. The molecular weight excluding hydrogens is 416 g/mol. The summed E-state index contributed by atoms with van der Waals surface area (Å²) in [7, 11) is 3.81. The second-order valence-corrected chi connectivity index (χ2v) is 10.1. The number of aldehydes is 1. The highest BCUT2D eigenvalue weighted by Crippen LogP contribution is 2.33. The van der Waals surface area contributed by atoms with E-state index in [1.165, 1.54) is 6.08 Å². The number of nitrogens with zero attached hydrogens (tertiary/aromatic N) is 3. The standard InChI is InChI=1S/C26H34N4O3/c1-25(2)16-20(17-26(3,4)29-25)33-24-10-8-22(27-28-24)21-15-19(7-9-23(21)32)18(12-14-31)11-13-30(5)6/h7-15,20,29,32H,16-17H2,1-6H3/b13-11-,18-12+. The summed E-state index contributed by atoms with van der Waals surface area (Å²) >= 11 is 0. The monoisotopic (exact) mass is 450 g/mol. The van der Waals surface area contributed by atoms with Crippen molar-refractivity contribution < 1.29 is 14.6 Å². The molecule has 2 aromatic rings. The molecule has 1 aromatic heterocycles. The lowest BCUT2D eigenvalue weighted by Gasteiger charge is -2.46. The van der Waals surface area contributed by atoms with Crippen LogP contribution < -0.4 is 10.1 Å². The van der Waals surface area contributed by atoms with E-state index in [0.717, 1.165) is 30.3 Å². The number of phenols is 1. The van der Waals surface area contributed by atoms with Crippen molar-refractivity contribution in [2.24, 2.45) is 0 Å². The van der Waals surface area contributed by atoms with E-state index < -0.39 is 0 Å². The van der Waals surface area contributed by atoms with Crippen LogP contribution in [-0.4, -0.2) is 57.8 Å². The second-order valence-electron chi connectivity index (χ2n) is 10.1. The van der Waals surface area contributed by atoms with Crippen LogP contribution in [0.25, 0.3) is 16.8 Å². The zero-order valence-electron chi connectivity index (χ0n) is 20.3. The van der Waals surface area contributed by atoms with Gasteiger partial charge in [0.1, 0.15) is 18.1 Å². The fraction of sp³-hybridized carbons (Fsp3) is 0.423. The van der Waals surface area contributed by atoms with Crippen LogP contribution >= 0.6 is 0 Å². The first kappa shape index (κ1) is 24.5. The van der Waals surface area contributed by atoms with Gasteiger partial charge in [0.15, 0.2) is 0 Å². The Bertz CT molecular complexity index is 1020. The lowest BCUT2D eigenvalue weighted by Crippen LogP contribution is -2.60. The summed E-state index contributed by atoms with van der Waals surface area (Å²) in [5.74, 6) is 0.550. The number of nitrogens with one attached hydrogen (secondary N) is 1. The van der Waals surface area contributed by atoms with Gasteiger partial charge in [0, 0.05) is 49.6 Å². The molecule has 1 aliphatic rings. The van der Waals surface area contributed by atoms with Crippen LogP contribution in [0.5, 0.6) is 11.6 Å². The molecule has 0 amide bonds. The van der Waals surface area contributed by atoms with Crippen molar-refractivity contribution in [3.05, 3.63) is 54.2 Å². The lowest BCUT2D eigenvalue weighted by molar-refractivity contribution is -0.104. The number of piperidine rings is 1. The Morgan fingerprint density at radius 3 is 2.39 bits per heavy atom. The van der Waals surface area contributed by atoms with E-state index >= 15 is 0 Å². The molecule has 176 valence electrons. The third-order valence-electron chi connectivity index (χ3n) is 5.49. The molecule has 2 heterocycles. The molecule has 3 rings (SSSR count). The SMILES string of the molecule is CN(C)/C=C\C(=C/C=O)c1ccc(O)c(-c2ccc(OC3CC(C)(C)NC(C)(C)C3)nn2)c1. The Hall–Kier alpha value is -3.19. The summed E-state index contributed by atoms with van der Waals surface area (Å²) in [6.07, 6.45) is 7.71. The predicted molar refractivity (Wildman–Crippen MR) is 131 cm³/mol. The fourth-order valence-electron chi connectivity index (χ4n) is 4.48. The number of benzene rings is 1. The van der Waals surface area contributed by atoms with Crippen molar-refractivity contribution >= 4 is 11.9 Å². The molecule has 0 radical (unpaired) electrons. The van der Waals surface area contributed by atoms with Gasteiger partial charge in [0.2, 0.25) is 5.88 Å². The summed E-state index contributed by atoms with van der Waals surface area (Å²) in [6.45, 7) is 8.71. The summed E-state index contributed by atoms with van der Waals surface area (Å²) in [6, 6.07) is 8.73. The molecule has 0 unspecified atom stereocenters. The number of hydrogen-bond acceptors (Lipinski definition) is 7. The van der Waals surface area contributed by atoms with Crippen molar-refractivity contribution in [2.75, 3.05) is 14.1 Å². The van der Waals surface area contributed by atoms with Crippen LogP contribution in [-0.2, 0) is 4.79 Å². The number of carbonyl (C=O) groups is 1. The molecule has 1 saturated heterocycles. The Balaban J connectivity index is 1.82. The predicted octanol–water partition coefficient (Wildman–Crippen LogP) is 4.19. The normalized spacial score (nSPS) is 18.3. The van der Waals surface area contributed by atoms with Crippen molar-refractivity contribution in [3.8, 4) is 22.9 Å². The summed E-state index contributed by atoms with van der Waals surface area (Å²) < 4.78 is 6.16. The number of aromatic hydroxyl groups is 1. The smallest absolute Gasteiger partial charge is 0.233 e. The topological polar surface area (TPSA) is 87.6 Å². The van der Waals surface area contributed by atoms with E-state index in [0.29, 0.717) is 17.1 Å². The van der Waals surface area contributed by atoms with Gasteiger partial charge >= 0.3 is 0 Å². The number of phenolic OH excluding ortho intramolecular Hbond substituents is 1. The minimum absolute atomic E-state index is 0.0280. The fourth-order valence-corrected chi connectivity index (χ4v) is 4.48. The average molecular weight is 451 g/mol. The Morgan fingerprint density at radius 2 is 1.82 bits per heavy atom. The Morgan fingerprint density at radius 1 is 1.12 bits per heavy atom. The van der Waals surface area contributed by atoms with Crippen LogP contribution in [0.3, 0.4) is 0 Å². The third-order valence-corrected chi connectivity index (χ3v) is 5.49. The average Bonchev–Trinajstić information content (AvgIpc) is 2.70. The van der Waals surface area contributed by atoms with Crippen LogP contribution in [0.2, 0.25) is 0 Å². The molecule has 0 atom stereocenters. The van der Waals surface area contributed by atoms with Crippen LogP contribution in [0.4, 0.5) is 0 Å². The highest BCUT2D eigenvalue weighted by Gasteiger charge is 2.38. The van der Waals surface area contributed by atoms with Gasteiger partial charge in [-0.3, -0.25) is 4.79 Å². The van der Waals surface area contributed by atoms with E-state index in [1.54, 1.807) is 30.3 Å². The van der Waals surface area contributed by atoms with E-state index in [2.05, 4.69) is 43.2 Å². The van der Waals surface area contributed by atoms with Gasteiger partial charge in [-0.15, -0.1) is 10.2 Å². The highest BCUT2D eigenvalue weighted by molar-refractivity contribution is 5.87. The van der Waals surface area contributed by atoms with Crippen LogP contribution in [0.15, 0.2) is 48.7 Å². The minimum atomic E-state index is -0.0280. The van der Waals surface area contributed by atoms with E-state index in [-0.39, 0.29) is 22.9 Å². The molecule has 0 bridgehead atoms. The molecule has 1 aliphatic heterocycles. The molecule has 1 aromatic carbocycles. The maximum atomic E-state index is 11.1. The molecular formula is C26H34N4O3. The number of ether oxygens (including phenoxy) is 1. The van der Waals surface area contributed by atoms with Crippen LogP contribution in [0.1, 0.15) is 46.1 Å². The molecule has 1 fully saturated rings. The number of carbonyl (C=O) groups excluding carboxylic acids is 1. The number of rotatable bonds is 7. The highest BCUT2D eigenvalue weighted by atomic mass is 16.5. The molecule has 0 saturated carbocycles. The van der Waals surface area contributed by atoms with Crippen molar-refractivity contribution in [2.45, 2.75) is 57.7 Å². The van der Waals surface area contributed by atoms with Crippen LogP contribution in [0, 0.1) is 0 Å². The number of allylic oxidation sites excluding steroid dienone is 3. The minimum Gasteiger partial charge on any atom is -0.507 e. The number of hydrogen-bond donors (Lipinski definition) is 2. The number of aromatic nitrogens is 2. The molecule has 7 heteroatoms. The molecule has 7 nitrogen and oxygen atoms in total. The second kappa shape index (κ2) is 9.75. The molecule has 33 heavy (non-hydrogen) atoms. The molecule has 0 spiro atoms. The van der Waals surface area contributed by atoms with Gasteiger partial charge in [-0.25, -0.2) is 0 Å². The maximum Gasteiger partial charge on any atom is 0.233 e. The first-order chi connectivity index (χ1) is 15.5. The van der Waals surface area contributed by atoms with Crippen molar-refractivity contribution in [3.63, 3.8) is 0 Å². The first-order valence-corrected chi connectivity index (χ1v) is 11.1. The summed E-state index contributed by atoms with van der Waals surface area (Å²) in [4.78, 5) is 13.0. The van der Waals surface area contributed by atoms with E-state index in [4.69, 9.17) is 4.74 Å². The Labute approximate surface area is 196 Å². The summed E-state index contributed by atoms with van der Waals surface area (Å²) in [5.41, 5.74) is 2.51. The molecule has 0 aliphatic carbocycles. The van der Waals surface area contributed by atoms with Gasteiger partial charge in [-0.1, -0.05) is 6.07 Å². The van der Waals surface area contributed by atoms with Gasteiger partial charge in [0.25, 0.3) is 0 Å². The quantitative estimate of drug-likeness (QED) is 0.371. The lowest BCUT2D eigenvalue weighted by atomic mass is 9.81. The largest absolute Gasteiger partial charge is 0.507 e. The van der Waals surface area contributed by atoms with E-state index in [9.17, 15) is 9.90 Å². The van der Waals surface area contributed by atoms with Crippen molar-refractivity contribution in [1.82, 2.24) is 20.4 Å². The van der Waals surface area contributed by atoms with E-state index in [1.807, 2.05) is 31.3 Å². The van der Waals surface area contributed by atoms with Gasteiger partial charge in [-0.2, -0.15) is 0 Å². The zero-order chi connectivity index (χ0) is 24.2. The zero-order valence-corrected chi connectivity index (χ0v) is 20.3. The van der Waals surface area contributed by atoms with Gasteiger partial charge < -0.3 is 20.1 Å². The van der Waals surface area contributed by atoms with Crippen molar-refractivity contribution in [1.29, 1.82) is 0 Å². The van der Waals surface area contributed by atoms with Gasteiger partial charge in [-0.05, 0) is 75.4 Å².